The highest BCUT2D eigenvalue weighted by Gasteiger charge is 2.20. The van der Waals surface area contributed by atoms with Crippen LogP contribution in [0, 0.1) is 20.2 Å². The maximum Gasteiger partial charge on any atom is 0.362 e. The topological polar surface area (TPSA) is 185 Å². The highest BCUT2D eigenvalue weighted by molar-refractivity contribution is 5.96. The second kappa shape index (κ2) is 11.1. The highest BCUT2D eigenvalue weighted by atomic mass is 16.7. The molecule has 3 aromatic rings. The van der Waals surface area contributed by atoms with E-state index in [1.807, 2.05) is 0 Å². The minimum atomic E-state index is -1.01. The van der Waals surface area contributed by atoms with Crippen LogP contribution in [0.1, 0.15) is 20.7 Å². The highest BCUT2D eigenvalue weighted by Crippen LogP contribution is 2.28. The number of carbonyl (C=O) groups excluding carboxylic acids is 2. The summed E-state index contributed by atoms with van der Waals surface area (Å²) in [5, 5.41) is 29.1. The number of hydrogen-bond acceptors (Lipinski definition) is 11. The van der Waals surface area contributed by atoms with Gasteiger partial charge in [-0.1, -0.05) is 0 Å². The molecule has 0 unspecified atom stereocenters. The van der Waals surface area contributed by atoms with Crippen molar-refractivity contribution >= 4 is 34.6 Å². The lowest BCUT2D eigenvalue weighted by Gasteiger charge is -2.10. The number of azo groups is 1. The standard InChI is InChI=1S/C22H17N5O9/c1-34-19-8-3-13(11-20(19)35-2)22(29)36-25-16-6-4-15(5-7-16)23-24-21(28)14-9-17(26(30)31)12-18(10-14)27(32)33/h3-12,25H,1-2H3. The first-order valence-corrected chi connectivity index (χ1v) is 9.91. The number of carbonyl (C=O) groups is 2. The molecule has 0 heterocycles. The Balaban J connectivity index is 1.64. The second-order valence-corrected chi connectivity index (χ2v) is 6.87. The van der Waals surface area contributed by atoms with Gasteiger partial charge in [0.1, 0.15) is 0 Å². The molecule has 14 nitrogen and oxygen atoms in total. The zero-order valence-electron chi connectivity index (χ0n) is 18.7. The van der Waals surface area contributed by atoms with Crippen molar-refractivity contribution in [2.75, 3.05) is 19.7 Å². The largest absolute Gasteiger partial charge is 0.493 e. The van der Waals surface area contributed by atoms with Gasteiger partial charge in [0.25, 0.3) is 17.3 Å². The first-order valence-electron chi connectivity index (χ1n) is 9.91. The van der Waals surface area contributed by atoms with E-state index >= 15 is 0 Å². The first-order chi connectivity index (χ1) is 17.2. The summed E-state index contributed by atoms with van der Waals surface area (Å²) in [5.41, 5.74) is 1.68. The molecule has 3 aromatic carbocycles. The number of methoxy groups -OCH3 is 2. The molecule has 0 saturated carbocycles. The van der Waals surface area contributed by atoms with Crippen molar-refractivity contribution in [2.24, 2.45) is 10.2 Å². The van der Waals surface area contributed by atoms with Crippen LogP contribution in [0.2, 0.25) is 0 Å². The predicted octanol–water partition coefficient (Wildman–Crippen LogP) is 4.63. The molecule has 0 aliphatic carbocycles. The Morgan fingerprint density at radius 1 is 0.806 bits per heavy atom. The Morgan fingerprint density at radius 3 is 1.97 bits per heavy atom. The molecule has 14 heteroatoms. The zero-order chi connectivity index (χ0) is 26.2. The summed E-state index contributed by atoms with van der Waals surface area (Å²) in [6, 6.07) is 12.8. The Labute approximate surface area is 202 Å². The summed E-state index contributed by atoms with van der Waals surface area (Å²) in [6.07, 6.45) is 0. The van der Waals surface area contributed by atoms with E-state index in [1.54, 1.807) is 6.07 Å². The lowest BCUT2D eigenvalue weighted by Crippen LogP contribution is -2.11. The van der Waals surface area contributed by atoms with Gasteiger partial charge in [-0.15, -0.1) is 10.2 Å². The predicted molar refractivity (Wildman–Crippen MR) is 124 cm³/mol. The molecule has 0 fully saturated rings. The SMILES string of the molecule is COc1ccc(C(=O)ONc2ccc(N=NC(=O)c3cc([N+](=O)[O-])cc([N+](=O)[O-])c3)cc2)cc1OC. The summed E-state index contributed by atoms with van der Waals surface area (Å²) >= 11 is 0. The van der Waals surface area contributed by atoms with Gasteiger partial charge < -0.3 is 14.3 Å². The van der Waals surface area contributed by atoms with Crippen LogP contribution in [-0.4, -0.2) is 35.9 Å². The van der Waals surface area contributed by atoms with E-state index in [-0.39, 0.29) is 16.8 Å². The van der Waals surface area contributed by atoms with Crippen molar-refractivity contribution in [3.63, 3.8) is 0 Å². The second-order valence-electron chi connectivity index (χ2n) is 6.87. The Kier molecular flexibility index (Phi) is 7.81. The molecule has 0 bridgehead atoms. The average Bonchev–Trinajstić information content (AvgIpc) is 2.90. The zero-order valence-corrected chi connectivity index (χ0v) is 18.7. The molecule has 0 aliphatic rings. The molecule has 0 spiro atoms. The molecule has 0 atom stereocenters. The minimum absolute atomic E-state index is 0.213. The molecule has 0 aromatic heterocycles. The van der Waals surface area contributed by atoms with Crippen LogP contribution in [0.5, 0.6) is 11.5 Å². The number of ether oxygens (including phenoxy) is 2. The number of amides is 1. The number of rotatable bonds is 9. The van der Waals surface area contributed by atoms with Gasteiger partial charge >= 0.3 is 5.97 Å². The van der Waals surface area contributed by atoms with Crippen LogP contribution >= 0.6 is 0 Å². The Bertz CT molecular complexity index is 1320. The van der Waals surface area contributed by atoms with E-state index in [9.17, 15) is 29.8 Å². The normalized spacial score (nSPS) is 10.5. The number of nitro groups is 2. The van der Waals surface area contributed by atoms with Crippen molar-refractivity contribution in [2.45, 2.75) is 0 Å². The van der Waals surface area contributed by atoms with Crippen LogP contribution < -0.4 is 15.0 Å². The van der Waals surface area contributed by atoms with Gasteiger partial charge in [0.2, 0.25) is 0 Å². The van der Waals surface area contributed by atoms with Gasteiger partial charge in [-0.3, -0.25) is 25.0 Å². The van der Waals surface area contributed by atoms with Gasteiger partial charge in [-0.05, 0) is 42.5 Å². The molecule has 36 heavy (non-hydrogen) atoms. The molecule has 1 N–H and O–H groups in total. The number of nitrogens with zero attached hydrogens (tertiary/aromatic N) is 4. The maximum atomic E-state index is 12.3. The summed E-state index contributed by atoms with van der Waals surface area (Å²) in [5.74, 6) is -0.880. The van der Waals surface area contributed by atoms with Crippen molar-refractivity contribution in [3.8, 4) is 11.5 Å². The number of benzene rings is 3. The molecule has 1 amide bonds. The summed E-state index contributed by atoms with van der Waals surface area (Å²) < 4.78 is 10.3. The smallest absolute Gasteiger partial charge is 0.362 e. The Morgan fingerprint density at radius 2 is 1.42 bits per heavy atom. The van der Waals surface area contributed by atoms with E-state index in [0.29, 0.717) is 17.2 Å². The van der Waals surface area contributed by atoms with Gasteiger partial charge in [0.15, 0.2) is 11.5 Å². The molecule has 3 rings (SSSR count). The van der Waals surface area contributed by atoms with Crippen molar-refractivity contribution in [1.82, 2.24) is 0 Å². The third kappa shape index (κ3) is 6.13. The van der Waals surface area contributed by atoms with Crippen molar-refractivity contribution in [3.05, 3.63) is 92.0 Å². The lowest BCUT2D eigenvalue weighted by molar-refractivity contribution is -0.394. The summed E-state index contributed by atoms with van der Waals surface area (Å²) in [6.45, 7) is 0. The molecular weight excluding hydrogens is 478 g/mol. The van der Waals surface area contributed by atoms with E-state index < -0.39 is 33.1 Å². The van der Waals surface area contributed by atoms with Crippen molar-refractivity contribution < 1.29 is 33.7 Å². The fourth-order valence-electron chi connectivity index (χ4n) is 2.81. The van der Waals surface area contributed by atoms with Crippen LogP contribution in [0.4, 0.5) is 22.7 Å². The first kappa shape index (κ1) is 25.2. The summed E-state index contributed by atoms with van der Waals surface area (Å²) in [7, 11) is 2.90. The minimum Gasteiger partial charge on any atom is -0.493 e. The number of anilines is 1. The third-order valence-corrected chi connectivity index (χ3v) is 4.58. The van der Waals surface area contributed by atoms with Gasteiger partial charge in [0, 0.05) is 12.1 Å². The molecule has 0 radical (unpaired) electrons. The summed E-state index contributed by atoms with van der Waals surface area (Å²) in [4.78, 5) is 49.8. The third-order valence-electron chi connectivity index (χ3n) is 4.58. The van der Waals surface area contributed by atoms with Crippen LogP contribution in [0.15, 0.2) is 70.9 Å². The van der Waals surface area contributed by atoms with E-state index in [2.05, 4.69) is 15.7 Å². The van der Waals surface area contributed by atoms with Gasteiger partial charge in [-0.2, -0.15) is 0 Å². The average molecular weight is 495 g/mol. The number of nitrogens with one attached hydrogen (secondary N) is 1. The molecular formula is C22H17N5O9. The molecule has 184 valence electrons. The van der Waals surface area contributed by atoms with Gasteiger partial charge in [-0.25, -0.2) is 10.3 Å². The van der Waals surface area contributed by atoms with Gasteiger partial charge in [0.05, 0.1) is 52.6 Å². The lowest BCUT2D eigenvalue weighted by atomic mass is 10.1. The Hall–Kier alpha value is -5.40. The maximum absolute atomic E-state index is 12.3. The van der Waals surface area contributed by atoms with E-state index in [1.165, 1.54) is 50.6 Å². The van der Waals surface area contributed by atoms with E-state index in [4.69, 9.17) is 14.3 Å². The quantitative estimate of drug-likeness (QED) is 0.249. The van der Waals surface area contributed by atoms with Crippen molar-refractivity contribution in [1.29, 1.82) is 0 Å². The van der Waals surface area contributed by atoms with Crippen LogP contribution in [0.3, 0.4) is 0 Å². The van der Waals surface area contributed by atoms with Crippen LogP contribution in [0.25, 0.3) is 0 Å². The van der Waals surface area contributed by atoms with Crippen LogP contribution in [-0.2, 0) is 4.84 Å². The number of hydrogen-bond donors (Lipinski definition) is 1. The number of nitro benzene ring substituents is 2. The fraction of sp³-hybridized carbons (Fsp3) is 0.0909. The monoisotopic (exact) mass is 495 g/mol. The molecule has 0 saturated heterocycles. The number of non-ortho nitro benzene ring substituents is 2. The fourth-order valence-corrected chi connectivity index (χ4v) is 2.81. The van der Waals surface area contributed by atoms with E-state index in [0.717, 1.165) is 18.2 Å². The molecule has 0 aliphatic heterocycles.